The Morgan fingerprint density at radius 1 is 0.889 bits per heavy atom. The molecule has 2 aromatic carbocycles. The van der Waals surface area contributed by atoms with Crippen molar-refractivity contribution >= 4 is 11.9 Å². The topological polar surface area (TPSA) is 102 Å². The van der Waals surface area contributed by atoms with Crippen LogP contribution in [0.2, 0.25) is 0 Å². The number of carbonyl (C=O) groups excluding carboxylic acids is 1. The fraction of sp³-hybridized carbons (Fsp3) is 0.370. The van der Waals surface area contributed by atoms with E-state index in [1.807, 2.05) is 19.9 Å². The van der Waals surface area contributed by atoms with Gasteiger partial charge in [-0.1, -0.05) is 11.6 Å². The summed E-state index contributed by atoms with van der Waals surface area (Å²) >= 11 is 0. The van der Waals surface area contributed by atoms with Crippen molar-refractivity contribution in [3.05, 3.63) is 58.7 Å². The minimum absolute atomic E-state index is 0.00773. The lowest BCUT2D eigenvalue weighted by Crippen LogP contribution is -2.08. The Morgan fingerprint density at radius 2 is 1.53 bits per heavy atom. The highest BCUT2D eigenvalue weighted by Crippen LogP contribution is 2.40. The molecule has 0 atom stereocenters. The van der Waals surface area contributed by atoms with Crippen LogP contribution in [0.4, 0.5) is 0 Å². The number of phenolic OH excluding ortho intramolecular Hbond substituents is 1. The van der Waals surface area contributed by atoms with Crippen molar-refractivity contribution in [1.82, 2.24) is 0 Å². The molecule has 0 aliphatic rings. The maximum absolute atomic E-state index is 13.3. The maximum Gasteiger partial charge on any atom is 0.193 e. The number of hydrogen-bond donors (Lipinski definition) is 1. The van der Waals surface area contributed by atoms with Gasteiger partial charge in [0.1, 0.15) is 34.3 Å². The van der Waals surface area contributed by atoms with Crippen LogP contribution in [-0.2, 0) is 20.6 Å². The molecule has 0 bridgehead atoms. The number of ketones is 1. The number of allylic oxidation sites excluding steroid dienone is 3. The molecule has 0 fully saturated rings. The van der Waals surface area contributed by atoms with E-state index < -0.39 is 5.78 Å². The molecule has 0 aliphatic heterocycles. The number of benzene rings is 2. The summed E-state index contributed by atoms with van der Waals surface area (Å²) in [4.78, 5) is 13.3. The Balaban J connectivity index is 2.47. The van der Waals surface area contributed by atoms with E-state index in [-0.39, 0.29) is 37.4 Å². The number of aromatic hydroxyl groups is 1. The molecule has 36 heavy (non-hydrogen) atoms. The molecule has 196 valence electrons. The fourth-order valence-corrected chi connectivity index (χ4v) is 3.24. The number of phenols is 1. The lowest BCUT2D eigenvalue weighted by Gasteiger charge is -2.18. The first-order valence-corrected chi connectivity index (χ1v) is 11.1. The van der Waals surface area contributed by atoms with Gasteiger partial charge in [0, 0.05) is 44.6 Å². The van der Waals surface area contributed by atoms with Crippen LogP contribution in [0.1, 0.15) is 35.3 Å². The van der Waals surface area contributed by atoms with Crippen LogP contribution in [0.15, 0.2) is 42.0 Å². The third-order valence-electron chi connectivity index (χ3n) is 4.89. The molecule has 9 nitrogen and oxygen atoms in total. The SMILES string of the molecule is COCOc1ccc(/C=C/C(=O)c2c(O)cc(OCOC)c(CC=C(C)C)c2OC)c(OCOC)c1. The number of carbonyl (C=O) groups is 1. The first-order valence-electron chi connectivity index (χ1n) is 11.1. The van der Waals surface area contributed by atoms with E-state index in [0.29, 0.717) is 34.8 Å². The number of rotatable bonds is 15. The summed E-state index contributed by atoms with van der Waals surface area (Å²) in [5, 5.41) is 10.7. The van der Waals surface area contributed by atoms with Gasteiger partial charge in [0.15, 0.2) is 26.2 Å². The largest absolute Gasteiger partial charge is 0.507 e. The van der Waals surface area contributed by atoms with Crippen LogP contribution in [0.5, 0.6) is 28.7 Å². The van der Waals surface area contributed by atoms with Crippen LogP contribution in [-0.4, -0.2) is 59.7 Å². The van der Waals surface area contributed by atoms with Crippen molar-refractivity contribution in [2.75, 3.05) is 48.8 Å². The fourth-order valence-electron chi connectivity index (χ4n) is 3.24. The summed E-state index contributed by atoms with van der Waals surface area (Å²) in [7, 11) is 5.97. The summed E-state index contributed by atoms with van der Waals surface area (Å²) in [5.41, 5.74) is 2.33. The van der Waals surface area contributed by atoms with E-state index in [4.69, 9.17) is 33.2 Å². The highest BCUT2D eigenvalue weighted by Gasteiger charge is 2.23. The quantitative estimate of drug-likeness (QED) is 0.160. The van der Waals surface area contributed by atoms with Crippen molar-refractivity contribution in [3.8, 4) is 28.7 Å². The summed E-state index contributed by atoms with van der Waals surface area (Å²) in [5.74, 6) is 0.837. The zero-order valence-electron chi connectivity index (χ0n) is 21.6. The average Bonchev–Trinajstić information content (AvgIpc) is 2.87. The van der Waals surface area contributed by atoms with Crippen molar-refractivity contribution in [1.29, 1.82) is 0 Å². The van der Waals surface area contributed by atoms with E-state index in [0.717, 1.165) is 5.57 Å². The molecular weight excluding hydrogens is 468 g/mol. The Kier molecular flexibility index (Phi) is 11.8. The zero-order valence-corrected chi connectivity index (χ0v) is 21.6. The standard InChI is InChI=1S/C27H34O9/c1-18(2)7-11-21-25(36-17-32-5)14-23(29)26(27(21)33-6)22(28)12-9-19-8-10-20(34-15-30-3)13-24(19)35-16-31-4/h7-10,12-14,29H,11,15-17H2,1-6H3/b12-9+. The number of methoxy groups -OCH3 is 4. The van der Waals surface area contributed by atoms with Crippen LogP contribution >= 0.6 is 0 Å². The van der Waals surface area contributed by atoms with Crippen LogP contribution in [0.25, 0.3) is 6.08 Å². The van der Waals surface area contributed by atoms with Crippen molar-refractivity contribution in [2.45, 2.75) is 20.3 Å². The molecule has 0 amide bonds. The Bertz CT molecular complexity index is 1070. The normalized spacial score (nSPS) is 10.8. The van der Waals surface area contributed by atoms with E-state index in [9.17, 15) is 9.90 Å². The third-order valence-corrected chi connectivity index (χ3v) is 4.89. The molecule has 0 heterocycles. The lowest BCUT2D eigenvalue weighted by molar-refractivity contribution is 0.0459. The summed E-state index contributed by atoms with van der Waals surface area (Å²) < 4.78 is 37.2. The monoisotopic (exact) mass is 502 g/mol. The minimum atomic E-state index is -0.460. The van der Waals surface area contributed by atoms with Gasteiger partial charge in [-0.2, -0.15) is 0 Å². The number of ether oxygens (including phenoxy) is 7. The molecule has 9 heteroatoms. The van der Waals surface area contributed by atoms with Gasteiger partial charge in [0.25, 0.3) is 0 Å². The van der Waals surface area contributed by atoms with Crippen molar-refractivity contribution < 1.29 is 43.1 Å². The predicted octanol–water partition coefficient (Wildman–Crippen LogP) is 4.75. The molecular formula is C27H34O9. The molecule has 1 N–H and O–H groups in total. The molecule has 2 aromatic rings. The van der Waals surface area contributed by atoms with Crippen LogP contribution in [0.3, 0.4) is 0 Å². The second-order valence-electron chi connectivity index (χ2n) is 7.82. The van der Waals surface area contributed by atoms with Gasteiger partial charge in [0.05, 0.1) is 7.11 Å². The highest BCUT2D eigenvalue weighted by atomic mass is 16.7. The van der Waals surface area contributed by atoms with E-state index in [2.05, 4.69) is 0 Å². The summed E-state index contributed by atoms with van der Waals surface area (Å²) in [6.07, 6.45) is 5.33. The lowest BCUT2D eigenvalue weighted by atomic mass is 9.99. The second kappa shape index (κ2) is 14.8. The Hall–Kier alpha value is -3.53. The molecule has 0 spiro atoms. The molecule has 0 unspecified atom stereocenters. The molecule has 0 saturated heterocycles. The predicted molar refractivity (Wildman–Crippen MR) is 135 cm³/mol. The molecule has 0 aromatic heterocycles. The van der Waals surface area contributed by atoms with Crippen molar-refractivity contribution in [3.63, 3.8) is 0 Å². The van der Waals surface area contributed by atoms with Crippen LogP contribution < -0.4 is 18.9 Å². The average molecular weight is 503 g/mol. The summed E-state index contributed by atoms with van der Waals surface area (Å²) in [6, 6.07) is 6.52. The number of hydrogen-bond acceptors (Lipinski definition) is 9. The highest BCUT2D eigenvalue weighted by molar-refractivity contribution is 6.11. The third kappa shape index (κ3) is 8.01. The molecule has 0 saturated carbocycles. The van der Waals surface area contributed by atoms with E-state index in [1.165, 1.54) is 40.6 Å². The second-order valence-corrected chi connectivity index (χ2v) is 7.82. The first kappa shape index (κ1) is 28.7. The minimum Gasteiger partial charge on any atom is -0.507 e. The van der Waals surface area contributed by atoms with Crippen molar-refractivity contribution in [2.24, 2.45) is 0 Å². The molecule has 0 radical (unpaired) electrons. The maximum atomic E-state index is 13.3. The molecule has 0 aliphatic carbocycles. The molecule has 2 rings (SSSR count). The van der Waals surface area contributed by atoms with E-state index >= 15 is 0 Å². The van der Waals surface area contributed by atoms with Gasteiger partial charge < -0.3 is 38.3 Å². The van der Waals surface area contributed by atoms with Gasteiger partial charge in [0.2, 0.25) is 0 Å². The summed E-state index contributed by atoms with van der Waals surface area (Å²) in [6.45, 7) is 3.99. The zero-order chi connectivity index (χ0) is 26.5. The van der Waals surface area contributed by atoms with Crippen LogP contribution in [0, 0.1) is 0 Å². The smallest absolute Gasteiger partial charge is 0.193 e. The van der Waals surface area contributed by atoms with Gasteiger partial charge >= 0.3 is 0 Å². The Morgan fingerprint density at radius 3 is 2.14 bits per heavy atom. The Labute approximate surface area is 211 Å². The van der Waals surface area contributed by atoms with Gasteiger partial charge in [-0.25, -0.2) is 0 Å². The first-order chi connectivity index (χ1) is 17.4. The van der Waals surface area contributed by atoms with Gasteiger partial charge in [-0.05, 0) is 44.6 Å². The van der Waals surface area contributed by atoms with E-state index in [1.54, 1.807) is 24.3 Å². The van der Waals surface area contributed by atoms with Gasteiger partial charge in [-0.3, -0.25) is 4.79 Å². The van der Waals surface area contributed by atoms with Gasteiger partial charge in [-0.15, -0.1) is 0 Å².